The van der Waals surface area contributed by atoms with Gasteiger partial charge in [-0.25, -0.2) is 4.79 Å². The maximum Gasteiger partial charge on any atom is 0.323 e. The number of ether oxygens (including phenoxy) is 1. The largest absolute Gasteiger partial charge is 0.489 e. The molecule has 0 unspecified atom stereocenters. The van der Waals surface area contributed by atoms with Crippen molar-refractivity contribution in [1.29, 1.82) is 0 Å². The number of nitrogens with one attached hydrogen (secondary N) is 3. The van der Waals surface area contributed by atoms with Gasteiger partial charge in [-0.05, 0) is 48.0 Å². The minimum absolute atomic E-state index is 0.286. The Morgan fingerprint density at radius 1 is 0.879 bits per heavy atom. The van der Waals surface area contributed by atoms with Crippen LogP contribution < -0.4 is 15.7 Å². The van der Waals surface area contributed by atoms with Gasteiger partial charge in [0.15, 0.2) is 0 Å². The number of aromatic amines is 2. The molecule has 0 spiro atoms. The molecule has 0 radical (unpaired) electrons. The van der Waals surface area contributed by atoms with Crippen LogP contribution in [0.25, 0.3) is 22.3 Å². The predicted molar refractivity (Wildman–Crippen MR) is 127 cm³/mol. The summed E-state index contributed by atoms with van der Waals surface area (Å²) in [4.78, 5) is 33.8. The molecule has 0 bridgehead atoms. The van der Waals surface area contributed by atoms with Crippen molar-refractivity contribution in [2.24, 2.45) is 0 Å². The summed E-state index contributed by atoms with van der Waals surface area (Å²) in [6.45, 7) is 0.485. The van der Waals surface area contributed by atoms with Crippen LogP contribution in [-0.2, 0) is 6.61 Å². The van der Waals surface area contributed by atoms with Gasteiger partial charge in [-0.15, -0.1) is 0 Å². The Balaban J connectivity index is 1.27. The van der Waals surface area contributed by atoms with E-state index in [-0.39, 0.29) is 11.6 Å². The molecule has 3 aromatic carbocycles. The normalized spacial score (nSPS) is 10.8. The lowest BCUT2D eigenvalue weighted by Crippen LogP contribution is -2.12. The summed E-state index contributed by atoms with van der Waals surface area (Å²) >= 11 is 0. The molecule has 0 aliphatic rings. The van der Waals surface area contributed by atoms with E-state index in [0.717, 1.165) is 22.6 Å². The lowest BCUT2D eigenvalue weighted by molar-refractivity contribution is 0.102. The maximum absolute atomic E-state index is 12.6. The molecular weight excluding hydrogens is 416 g/mol. The molecule has 3 N–H and O–H groups in total. The summed E-state index contributed by atoms with van der Waals surface area (Å²) in [5.41, 5.74) is 4.76. The number of hydrogen-bond acceptors (Lipinski definition) is 4. The van der Waals surface area contributed by atoms with Crippen molar-refractivity contribution in [3.8, 4) is 17.0 Å². The van der Waals surface area contributed by atoms with Crippen molar-refractivity contribution < 1.29 is 9.53 Å². The first-order valence-electron chi connectivity index (χ1n) is 10.4. The number of carbonyl (C=O) groups excluding carboxylic acids is 1. The standard InChI is InChI=1S/C26H20N4O3/c31-25(28-20-10-12-23-24(14-20)30-26(32)29-23)19-9-11-22(27-15-19)18-7-4-8-21(13-18)33-16-17-5-2-1-3-6-17/h1-15H,16H2,(H,28,31)(H2,29,30,32). The molecule has 0 aliphatic carbocycles. The Morgan fingerprint density at radius 2 is 1.73 bits per heavy atom. The molecular formula is C26H20N4O3. The minimum Gasteiger partial charge on any atom is -0.489 e. The van der Waals surface area contributed by atoms with Crippen LogP contribution in [0.2, 0.25) is 0 Å². The number of aromatic nitrogens is 3. The molecule has 5 aromatic rings. The van der Waals surface area contributed by atoms with Crippen LogP contribution >= 0.6 is 0 Å². The number of benzene rings is 3. The minimum atomic E-state index is -0.289. The monoisotopic (exact) mass is 436 g/mol. The Hall–Kier alpha value is -4.65. The van der Waals surface area contributed by atoms with Gasteiger partial charge in [-0.2, -0.15) is 0 Å². The van der Waals surface area contributed by atoms with E-state index in [9.17, 15) is 9.59 Å². The molecule has 162 valence electrons. The Kier molecular flexibility index (Phi) is 5.43. The highest BCUT2D eigenvalue weighted by Gasteiger charge is 2.09. The number of H-pyrrole nitrogens is 2. The van der Waals surface area contributed by atoms with Crippen LogP contribution in [-0.4, -0.2) is 20.9 Å². The van der Waals surface area contributed by atoms with Crippen LogP contribution in [0.5, 0.6) is 5.75 Å². The fraction of sp³-hybridized carbons (Fsp3) is 0.0385. The van der Waals surface area contributed by atoms with E-state index in [2.05, 4.69) is 20.3 Å². The van der Waals surface area contributed by atoms with Crippen LogP contribution in [0.4, 0.5) is 5.69 Å². The van der Waals surface area contributed by atoms with Gasteiger partial charge in [0.1, 0.15) is 12.4 Å². The molecule has 5 rings (SSSR count). The number of hydrogen-bond donors (Lipinski definition) is 3. The van der Waals surface area contributed by atoms with Gasteiger partial charge in [-0.3, -0.25) is 9.78 Å². The van der Waals surface area contributed by atoms with E-state index >= 15 is 0 Å². The van der Waals surface area contributed by atoms with Crippen LogP contribution in [0.15, 0.2) is 95.9 Å². The van der Waals surface area contributed by atoms with E-state index in [1.165, 1.54) is 0 Å². The average molecular weight is 436 g/mol. The van der Waals surface area contributed by atoms with Crippen molar-refractivity contribution in [3.05, 3.63) is 113 Å². The maximum atomic E-state index is 12.6. The second kappa shape index (κ2) is 8.84. The number of nitrogens with zero attached hydrogens (tertiary/aromatic N) is 1. The summed E-state index contributed by atoms with van der Waals surface area (Å²) in [6.07, 6.45) is 1.54. The Labute approximate surface area is 189 Å². The quantitative estimate of drug-likeness (QED) is 0.358. The van der Waals surface area contributed by atoms with Gasteiger partial charge in [0.2, 0.25) is 0 Å². The SMILES string of the molecule is O=C(Nc1ccc2[nH]c(=O)[nH]c2c1)c1ccc(-c2cccc(OCc3ccccc3)c2)nc1. The molecule has 0 saturated heterocycles. The topological polar surface area (TPSA) is 99.9 Å². The average Bonchev–Trinajstić information content (AvgIpc) is 3.23. The summed E-state index contributed by atoms with van der Waals surface area (Å²) in [5.74, 6) is 0.462. The van der Waals surface area contributed by atoms with E-state index < -0.39 is 0 Å². The third kappa shape index (κ3) is 4.67. The summed E-state index contributed by atoms with van der Waals surface area (Å²) < 4.78 is 5.90. The van der Waals surface area contributed by atoms with Crippen LogP contribution in [0.1, 0.15) is 15.9 Å². The molecule has 1 amide bonds. The third-order valence-electron chi connectivity index (χ3n) is 5.18. The van der Waals surface area contributed by atoms with Crippen LogP contribution in [0, 0.1) is 0 Å². The number of pyridine rings is 1. The van der Waals surface area contributed by atoms with Crippen molar-refractivity contribution >= 4 is 22.6 Å². The molecule has 7 heteroatoms. The van der Waals surface area contributed by atoms with E-state index in [1.807, 2.05) is 54.6 Å². The molecule has 2 aromatic heterocycles. The highest BCUT2D eigenvalue weighted by molar-refractivity contribution is 6.04. The molecule has 33 heavy (non-hydrogen) atoms. The summed E-state index contributed by atoms with van der Waals surface area (Å²) in [7, 11) is 0. The molecule has 7 nitrogen and oxygen atoms in total. The molecule has 0 saturated carbocycles. The zero-order chi connectivity index (χ0) is 22.6. The predicted octanol–water partition coefficient (Wildman–Crippen LogP) is 4.75. The van der Waals surface area contributed by atoms with E-state index in [0.29, 0.717) is 28.9 Å². The smallest absolute Gasteiger partial charge is 0.323 e. The van der Waals surface area contributed by atoms with Gasteiger partial charge in [0.05, 0.1) is 22.3 Å². The van der Waals surface area contributed by atoms with Crippen molar-refractivity contribution in [3.63, 3.8) is 0 Å². The van der Waals surface area contributed by atoms with Crippen molar-refractivity contribution in [2.45, 2.75) is 6.61 Å². The number of amides is 1. The highest BCUT2D eigenvalue weighted by Crippen LogP contribution is 2.23. The first-order valence-corrected chi connectivity index (χ1v) is 10.4. The molecule has 0 aliphatic heterocycles. The van der Waals surface area contributed by atoms with Crippen LogP contribution in [0.3, 0.4) is 0 Å². The Bertz CT molecular complexity index is 1470. The fourth-order valence-corrected chi connectivity index (χ4v) is 3.50. The number of rotatable bonds is 6. The van der Waals surface area contributed by atoms with Crippen molar-refractivity contribution in [1.82, 2.24) is 15.0 Å². The van der Waals surface area contributed by atoms with E-state index in [4.69, 9.17) is 4.74 Å². The Morgan fingerprint density at radius 3 is 2.55 bits per heavy atom. The molecule has 0 atom stereocenters. The van der Waals surface area contributed by atoms with Gasteiger partial charge < -0.3 is 20.0 Å². The second-order valence-corrected chi connectivity index (χ2v) is 7.53. The molecule has 2 heterocycles. The zero-order valence-electron chi connectivity index (χ0n) is 17.5. The zero-order valence-corrected chi connectivity index (χ0v) is 17.5. The number of imidazole rings is 1. The second-order valence-electron chi connectivity index (χ2n) is 7.53. The third-order valence-corrected chi connectivity index (χ3v) is 5.18. The fourth-order valence-electron chi connectivity index (χ4n) is 3.50. The number of carbonyl (C=O) groups is 1. The van der Waals surface area contributed by atoms with E-state index in [1.54, 1.807) is 36.5 Å². The first-order chi connectivity index (χ1) is 16.1. The van der Waals surface area contributed by atoms with Gasteiger partial charge in [-0.1, -0.05) is 42.5 Å². The first kappa shape index (κ1) is 20.3. The summed E-state index contributed by atoms with van der Waals surface area (Å²) in [6, 6.07) is 26.4. The lowest BCUT2D eigenvalue weighted by atomic mass is 10.1. The van der Waals surface area contributed by atoms with Gasteiger partial charge in [0.25, 0.3) is 5.91 Å². The highest BCUT2D eigenvalue weighted by atomic mass is 16.5. The van der Waals surface area contributed by atoms with Crippen molar-refractivity contribution in [2.75, 3.05) is 5.32 Å². The lowest BCUT2D eigenvalue weighted by Gasteiger charge is -2.09. The number of fused-ring (bicyclic) bond motifs is 1. The summed E-state index contributed by atoms with van der Waals surface area (Å²) in [5, 5.41) is 2.83. The molecule has 0 fully saturated rings. The van der Waals surface area contributed by atoms with Gasteiger partial charge in [0, 0.05) is 17.4 Å². The van der Waals surface area contributed by atoms with Gasteiger partial charge >= 0.3 is 5.69 Å². The number of anilines is 1.